The molecule has 0 aliphatic rings. The zero-order valence-corrected chi connectivity index (χ0v) is 7.15. The highest BCUT2D eigenvalue weighted by molar-refractivity contribution is 5.75. The smallest absolute Gasteiger partial charge is 0.294 e. The van der Waals surface area contributed by atoms with Gasteiger partial charge in [0.15, 0.2) is 0 Å². The molecule has 0 unspecified atom stereocenters. The van der Waals surface area contributed by atoms with Crippen molar-refractivity contribution in [3.63, 3.8) is 0 Å². The van der Waals surface area contributed by atoms with Gasteiger partial charge in [-0.25, -0.2) is 0 Å². The molecule has 0 saturated heterocycles. The summed E-state index contributed by atoms with van der Waals surface area (Å²) in [5.41, 5.74) is 0. The van der Waals surface area contributed by atoms with Crippen molar-refractivity contribution in [3.05, 3.63) is 10.1 Å². The van der Waals surface area contributed by atoms with Gasteiger partial charge in [-0.3, -0.25) is 4.79 Å². The van der Waals surface area contributed by atoms with Crippen molar-refractivity contribution < 1.29 is 14.7 Å². The summed E-state index contributed by atoms with van der Waals surface area (Å²) >= 11 is 0. The van der Waals surface area contributed by atoms with E-state index in [9.17, 15) is 14.9 Å². The fourth-order valence-electron chi connectivity index (χ4n) is 0.575. The Morgan fingerprint density at radius 3 is 2.67 bits per heavy atom. The van der Waals surface area contributed by atoms with E-state index < -0.39 is 5.09 Å². The third-order valence-corrected chi connectivity index (χ3v) is 1.41. The Hall–Kier alpha value is -1.33. The predicted molar refractivity (Wildman–Crippen MR) is 40.9 cm³/mol. The fraction of sp³-hybridized carbons (Fsp3) is 0.833. The van der Waals surface area contributed by atoms with Crippen LogP contribution in [0.2, 0.25) is 0 Å². The molecular formula is C6H12N2O4. The zero-order valence-electron chi connectivity index (χ0n) is 7.15. The van der Waals surface area contributed by atoms with Gasteiger partial charge >= 0.3 is 0 Å². The summed E-state index contributed by atoms with van der Waals surface area (Å²) < 4.78 is 0. The lowest BCUT2D eigenvalue weighted by molar-refractivity contribution is -0.757. The van der Waals surface area contributed by atoms with Crippen LogP contribution in [0.5, 0.6) is 0 Å². The average molecular weight is 176 g/mol. The van der Waals surface area contributed by atoms with Gasteiger partial charge in [-0.15, -0.1) is 10.1 Å². The second-order valence-electron chi connectivity index (χ2n) is 2.21. The van der Waals surface area contributed by atoms with Crippen molar-refractivity contribution in [1.82, 2.24) is 4.90 Å². The van der Waals surface area contributed by atoms with Crippen LogP contribution >= 0.6 is 0 Å². The largest absolute Gasteiger partial charge is 0.346 e. The van der Waals surface area contributed by atoms with Gasteiger partial charge in [0.2, 0.25) is 5.91 Å². The molecular weight excluding hydrogens is 164 g/mol. The third-order valence-electron chi connectivity index (χ3n) is 1.41. The lowest BCUT2D eigenvalue weighted by Gasteiger charge is -2.13. The van der Waals surface area contributed by atoms with E-state index in [0.717, 1.165) is 0 Å². The minimum Gasteiger partial charge on any atom is -0.346 e. The first-order valence-corrected chi connectivity index (χ1v) is 3.59. The Morgan fingerprint density at radius 2 is 2.25 bits per heavy atom. The van der Waals surface area contributed by atoms with Crippen LogP contribution in [0.15, 0.2) is 0 Å². The highest BCUT2D eigenvalue weighted by atomic mass is 16.9. The molecule has 0 spiro atoms. The van der Waals surface area contributed by atoms with Crippen molar-refractivity contribution in [3.8, 4) is 0 Å². The lowest BCUT2D eigenvalue weighted by Crippen LogP contribution is -2.27. The summed E-state index contributed by atoms with van der Waals surface area (Å²) in [6.45, 7) is 2.25. The Morgan fingerprint density at radius 1 is 1.67 bits per heavy atom. The standard InChI is InChI=1S/C6H12N2O4/c1-3-7(2)6(9)4-5-12-8(10)11/h3-5H2,1-2H3. The molecule has 0 fully saturated rings. The molecule has 12 heavy (non-hydrogen) atoms. The van der Waals surface area contributed by atoms with E-state index in [1.54, 1.807) is 7.05 Å². The molecule has 1 amide bonds. The summed E-state index contributed by atoms with van der Waals surface area (Å²) in [4.78, 5) is 26.1. The second kappa shape index (κ2) is 5.34. The van der Waals surface area contributed by atoms with E-state index in [1.807, 2.05) is 6.92 Å². The molecule has 0 aromatic rings. The van der Waals surface area contributed by atoms with Crippen LogP contribution in [-0.2, 0) is 9.63 Å². The highest BCUT2D eigenvalue weighted by Gasteiger charge is 2.06. The van der Waals surface area contributed by atoms with Gasteiger partial charge in [0, 0.05) is 13.6 Å². The highest BCUT2D eigenvalue weighted by Crippen LogP contribution is 1.90. The number of rotatable bonds is 5. The van der Waals surface area contributed by atoms with Gasteiger partial charge in [-0.2, -0.15) is 0 Å². The van der Waals surface area contributed by atoms with Crippen molar-refractivity contribution in [2.45, 2.75) is 13.3 Å². The quantitative estimate of drug-likeness (QED) is 0.438. The number of carbonyl (C=O) groups excluding carboxylic acids is 1. The topological polar surface area (TPSA) is 72.7 Å². The summed E-state index contributed by atoms with van der Waals surface area (Å²) in [6.07, 6.45) is 0.0469. The predicted octanol–water partition coefficient (Wildman–Crippen LogP) is 0.0631. The van der Waals surface area contributed by atoms with Gasteiger partial charge in [-0.05, 0) is 6.92 Å². The van der Waals surface area contributed by atoms with Crippen LogP contribution in [0, 0.1) is 10.1 Å². The molecule has 0 rings (SSSR count). The first kappa shape index (κ1) is 10.7. The van der Waals surface area contributed by atoms with Gasteiger partial charge in [-0.1, -0.05) is 0 Å². The van der Waals surface area contributed by atoms with Crippen molar-refractivity contribution in [2.24, 2.45) is 0 Å². The molecule has 6 nitrogen and oxygen atoms in total. The third kappa shape index (κ3) is 4.48. The molecule has 0 bridgehead atoms. The Bertz CT molecular complexity index is 171. The first-order chi connectivity index (χ1) is 5.57. The Balaban J connectivity index is 3.50. The van der Waals surface area contributed by atoms with Gasteiger partial charge in [0.1, 0.15) is 6.61 Å². The van der Waals surface area contributed by atoms with Crippen LogP contribution in [0.3, 0.4) is 0 Å². The fourth-order valence-corrected chi connectivity index (χ4v) is 0.575. The molecule has 6 heteroatoms. The second-order valence-corrected chi connectivity index (χ2v) is 2.21. The van der Waals surface area contributed by atoms with E-state index in [0.29, 0.717) is 6.54 Å². The Kier molecular flexibility index (Phi) is 4.75. The van der Waals surface area contributed by atoms with E-state index >= 15 is 0 Å². The number of hydrogen-bond acceptors (Lipinski definition) is 4. The molecule has 0 radical (unpaired) electrons. The summed E-state index contributed by atoms with van der Waals surface area (Å²) in [7, 11) is 1.63. The van der Waals surface area contributed by atoms with Crippen LogP contribution in [-0.4, -0.2) is 36.1 Å². The SMILES string of the molecule is CCN(C)C(=O)CCO[N+](=O)[O-]. The average Bonchev–Trinajstić information content (AvgIpc) is 2.02. The minimum absolute atomic E-state index is 0.0469. The van der Waals surface area contributed by atoms with Crippen LogP contribution in [0.4, 0.5) is 0 Å². The first-order valence-electron chi connectivity index (χ1n) is 3.59. The maximum Gasteiger partial charge on any atom is 0.294 e. The van der Waals surface area contributed by atoms with E-state index in [-0.39, 0.29) is 18.9 Å². The van der Waals surface area contributed by atoms with E-state index in [4.69, 9.17) is 0 Å². The maximum absolute atomic E-state index is 11.0. The minimum atomic E-state index is -0.904. The van der Waals surface area contributed by atoms with Gasteiger partial charge in [0.05, 0.1) is 6.42 Å². The maximum atomic E-state index is 11.0. The lowest BCUT2D eigenvalue weighted by atomic mass is 10.4. The van der Waals surface area contributed by atoms with Crippen LogP contribution in [0.1, 0.15) is 13.3 Å². The van der Waals surface area contributed by atoms with E-state index in [2.05, 4.69) is 4.84 Å². The summed E-state index contributed by atoms with van der Waals surface area (Å²) in [5, 5.41) is 8.78. The summed E-state index contributed by atoms with van der Waals surface area (Å²) in [6, 6.07) is 0. The molecule has 70 valence electrons. The molecule has 0 aliphatic heterocycles. The summed E-state index contributed by atoms with van der Waals surface area (Å²) in [5.74, 6) is -0.153. The number of amides is 1. The van der Waals surface area contributed by atoms with Crippen LogP contribution < -0.4 is 0 Å². The molecule has 0 saturated carbocycles. The van der Waals surface area contributed by atoms with Crippen molar-refractivity contribution in [2.75, 3.05) is 20.2 Å². The number of nitrogens with zero attached hydrogens (tertiary/aromatic N) is 2. The monoisotopic (exact) mass is 176 g/mol. The molecule has 0 atom stereocenters. The Labute approximate surface area is 70.2 Å². The zero-order chi connectivity index (χ0) is 9.56. The molecule has 0 aromatic heterocycles. The molecule has 0 aromatic carbocycles. The van der Waals surface area contributed by atoms with Gasteiger partial charge < -0.3 is 9.74 Å². The van der Waals surface area contributed by atoms with E-state index in [1.165, 1.54) is 4.90 Å². The molecule has 0 aliphatic carbocycles. The van der Waals surface area contributed by atoms with Crippen molar-refractivity contribution in [1.29, 1.82) is 0 Å². The van der Waals surface area contributed by atoms with Crippen molar-refractivity contribution >= 4 is 5.91 Å². The number of hydrogen-bond donors (Lipinski definition) is 0. The molecule has 0 heterocycles. The van der Waals surface area contributed by atoms with Gasteiger partial charge in [0.25, 0.3) is 5.09 Å². The molecule has 0 N–H and O–H groups in total. The normalized spacial score (nSPS) is 9.17. The number of carbonyl (C=O) groups is 1. The van der Waals surface area contributed by atoms with Crippen LogP contribution in [0.25, 0.3) is 0 Å².